The number of unbranched alkanes of at least 4 members (excludes halogenated alkanes) is 1. The Bertz CT molecular complexity index is 215. The van der Waals surface area contributed by atoms with Crippen LogP contribution < -0.4 is 11.5 Å². The average Bonchev–Trinajstić information content (AvgIpc) is 2.01. The van der Waals surface area contributed by atoms with Crippen LogP contribution in [0.1, 0.15) is 19.3 Å². The van der Waals surface area contributed by atoms with Crippen molar-refractivity contribution in [2.24, 2.45) is 11.5 Å². The minimum absolute atomic E-state index is 0. The Morgan fingerprint density at radius 1 is 1.25 bits per heavy atom. The number of carboxylic acids is 1. The third-order valence-corrected chi connectivity index (χ3v) is 1.29. The molecule has 94 valence electrons. The van der Waals surface area contributed by atoms with Crippen molar-refractivity contribution in [1.82, 2.24) is 0 Å². The molecule has 0 spiro atoms. The van der Waals surface area contributed by atoms with Gasteiger partial charge in [0.05, 0.1) is 0 Å². The molecule has 1 unspecified atom stereocenters. The molecule has 0 saturated heterocycles. The van der Waals surface area contributed by atoms with E-state index in [1.807, 2.05) is 0 Å². The van der Waals surface area contributed by atoms with Gasteiger partial charge in [-0.3, -0.25) is 4.79 Å². The minimum atomic E-state index is -4.64. The Labute approximate surface area is 136 Å². The summed E-state index contributed by atoms with van der Waals surface area (Å²) >= 11 is 0. The van der Waals surface area contributed by atoms with E-state index in [9.17, 15) is 4.79 Å². The number of hydrogen-bond donors (Lipinski definition) is 6. The summed E-state index contributed by atoms with van der Waals surface area (Å²) < 4.78 is 8.88. The van der Waals surface area contributed by atoms with Crippen LogP contribution in [0.15, 0.2) is 0 Å². The van der Waals surface area contributed by atoms with Crippen LogP contribution in [0.3, 0.4) is 0 Å². The van der Waals surface area contributed by atoms with Crippen LogP contribution in [0.5, 0.6) is 0 Å². The molecule has 0 heterocycles. The molecule has 0 aliphatic heterocycles. The molecule has 10 heteroatoms. The Morgan fingerprint density at radius 2 is 1.62 bits per heavy atom. The summed E-state index contributed by atoms with van der Waals surface area (Å²) in [4.78, 5) is 31.7. The van der Waals surface area contributed by atoms with Crippen molar-refractivity contribution < 1.29 is 29.1 Å². The first-order chi connectivity index (χ1) is 6.68. The zero-order valence-electron chi connectivity index (χ0n) is 8.11. The second-order valence-corrected chi connectivity index (χ2v) is 3.77. The van der Waals surface area contributed by atoms with E-state index in [1.165, 1.54) is 0 Å². The van der Waals surface area contributed by atoms with E-state index in [1.54, 1.807) is 0 Å². The van der Waals surface area contributed by atoms with Crippen LogP contribution in [0, 0.1) is 0 Å². The second-order valence-electron chi connectivity index (χ2n) is 2.74. The predicted molar refractivity (Wildman–Crippen MR) is 59.9 cm³/mol. The molecule has 0 saturated carbocycles. The van der Waals surface area contributed by atoms with Gasteiger partial charge in [0.2, 0.25) is 0 Å². The molecular formula is C6H18KN2O6P. The SMILES string of the molecule is NCCCCC(N)C(=O)O.O=P(O)(O)O.[KH]. The van der Waals surface area contributed by atoms with Crippen molar-refractivity contribution in [3.63, 3.8) is 0 Å². The molecule has 8 nitrogen and oxygen atoms in total. The standard InChI is InChI=1S/C6H14N2O2.K.H3O4P.H/c7-4-2-1-3-5(8)6(9)10;;1-5(2,3)4;/h5H,1-4,7-8H2,(H,9,10);;(H3,1,2,3,4);. The molecule has 0 fully saturated rings. The number of phosphoric acid groups is 1. The van der Waals surface area contributed by atoms with Crippen molar-refractivity contribution >= 4 is 65.2 Å². The fourth-order valence-corrected chi connectivity index (χ4v) is 0.632. The van der Waals surface area contributed by atoms with Gasteiger partial charge in [-0.2, -0.15) is 0 Å². The first-order valence-electron chi connectivity index (χ1n) is 4.15. The summed E-state index contributed by atoms with van der Waals surface area (Å²) in [7, 11) is -4.64. The van der Waals surface area contributed by atoms with E-state index in [2.05, 4.69) is 0 Å². The zero-order chi connectivity index (χ0) is 12.5. The molecule has 16 heavy (non-hydrogen) atoms. The first kappa shape index (κ1) is 22.3. The molecule has 0 aliphatic carbocycles. The summed E-state index contributed by atoms with van der Waals surface area (Å²) in [5, 5.41) is 8.33. The summed E-state index contributed by atoms with van der Waals surface area (Å²) in [6, 6.07) is -0.716. The maximum absolute atomic E-state index is 10.1. The number of aliphatic carboxylic acids is 1. The van der Waals surface area contributed by atoms with Crippen LogP contribution in [-0.4, -0.2) is 89.7 Å². The summed E-state index contributed by atoms with van der Waals surface area (Å²) in [6.45, 7) is 0.604. The molecule has 0 amide bonds. The van der Waals surface area contributed by atoms with E-state index in [0.717, 1.165) is 12.8 Å². The van der Waals surface area contributed by atoms with Gasteiger partial charge in [0.15, 0.2) is 0 Å². The van der Waals surface area contributed by atoms with Crippen LogP contribution in [-0.2, 0) is 9.36 Å². The number of nitrogens with two attached hydrogens (primary N) is 2. The van der Waals surface area contributed by atoms with Crippen LogP contribution >= 0.6 is 7.82 Å². The van der Waals surface area contributed by atoms with Gasteiger partial charge in [-0.05, 0) is 19.4 Å². The van der Waals surface area contributed by atoms with Gasteiger partial charge in [0.25, 0.3) is 0 Å². The van der Waals surface area contributed by atoms with Crippen molar-refractivity contribution in [3.8, 4) is 0 Å². The van der Waals surface area contributed by atoms with Crippen LogP contribution in [0.2, 0.25) is 0 Å². The van der Waals surface area contributed by atoms with Gasteiger partial charge >= 0.3 is 65.2 Å². The van der Waals surface area contributed by atoms with E-state index in [4.69, 9.17) is 35.8 Å². The predicted octanol–water partition coefficient (Wildman–Crippen LogP) is -2.05. The van der Waals surface area contributed by atoms with Crippen molar-refractivity contribution in [3.05, 3.63) is 0 Å². The van der Waals surface area contributed by atoms with Gasteiger partial charge in [0.1, 0.15) is 6.04 Å². The maximum atomic E-state index is 10.1. The summed E-state index contributed by atoms with van der Waals surface area (Å²) in [5.74, 6) is -0.933. The molecular weight excluding hydrogens is 266 g/mol. The van der Waals surface area contributed by atoms with E-state index < -0.39 is 19.8 Å². The second kappa shape index (κ2) is 12.6. The number of carbonyl (C=O) groups is 1. The molecule has 0 aromatic heterocycles. The van der Waals surface area contributed by atoms with E-state index in [-0.39, 0.29) is 51.4 Å². The normalized spacial score (nSPS) is 11.8. The monoisotopic (exact) mass is 284 g/mol. The Morgan fingerprint density at radius 3 is 1.88 bits per heavy atom. The van der Waals surface area contributed by atoms with Gasteiger partial charge < -0.3 is 31.3 Å². The van der Waals surface area contributed by atoms with E-state index in [0.29, 0.717) is 13.0 Å². The number of rotatable bonds is 5. The number of hydrogen-bond acceptors (Lipinski definition) is 4. The molecule has 8 N–H and O–H groups in total. The quantitative estimate of drug-likeness (QED) is 0.190. The molecule has 0 bridgehead atoms. The molecule has 1 atom stereocenters. The van der Waals surface area contributed by atoms with Crippen molar-refractivity contribution in [2.45, 2.75) is 25.3 Å². The van der Waals surface area contributed by atoms with Gasteiger partial charge in [0, 0.05) is 0 Å². The summed E-state index contributed by atoms with van der Waals surface area (Å²) in [5.41, 5.74) is 10.4. The fourth-order valence-electron chi connectivity index (χ4n) is 0.632. The Hall–Kier alpha value is 1.14. The van der Waals surface area contributed by atoms with E-state index >= 15 is 0 Å². The molecule has 0 aliphatic rings. The summed E-state index contributed by atoms with van der Waals surface area (Å²) in [6.07, 6.45) is 2.16. The molecule has 0 aromatic rings. The van der Waals surface area contributed by atoms with Crippen LogP contribution in [0.25, 0.3) is 0 Å². The van der Waals surface area contributed by atoms with Gasteiger partial charge in [-0.25, -0.2) is 4.57 Å². The Kier molecular flexibility index (Phi) is 17.6. The average molecular weight is 284 g/mol. The zero-order valence-corrected chi connectivity index (χ0v) is 9.01. The third kappa shape index (κ3) is 29.4. The van der Waals surface area contributed by atoms with Gasteiger partial charge in [-0.1, -0.05) is 6.42 Å². The van der Waals surface area contributed by atoms with Gasteiger partial charge in [-0.15, -0.1) is 0 Å². The van der Waals surface area contributed by atoms with Crippen molar-refractivity contribution in [2.75, 3.05) is 6.54 Å². The molecule has 0 rings (SSSR count). The van der Waals surface area contributed by atoms with Crippen LogP contribution in [0.4, 0.5) is 0 Å². The first-order valence-corrected chi connectivity index (χ1v) is 5.71. The topological polar surface area (TPSA) is 167 Å². The fraction of sp³-hybridized carbons (Fsp3) is 0.833. The Balaban J connectivity index is -0.000000242. The van der Waals surface area contributed by atoms with Crippen molar-refractivity contribution in [1.29, 1.82) is 0 Å². The molecule has 0 radical (unpaired) electrons. The third-order valence-electron chi connectivity index (χ3n) is 1.29. The number of carboxylic acid groups (broad SMARTS) is 1. The molecule has 0 aromatic carbocycles.